The molecule has 0 fully saturated rings. The minimum atomic E-state index is -0.355. The molecule has 5 heteroatoms. The van der Waals surface area contributed by atoms with E-state index in [1.807, 2.05) is 45.0 Å². The maximum atomic E-state index is 12.4. The molecule has 1 N–H and O–H groups in total. The molecule has 0 aliphatic heterocycles. The van der Waals surface area contributed by atoms with E-state index in [-0.39, 0.29) is 17.1 Å². The number of carbonyl (C=O) groups excluding carboxylic acids is 2. The van der Waals surface area contributed by atoms with Crippen molar-refractivity contribution >= 4 is 29.3 Å². The second-order valence-electron chi connectivity index (χ2n) is 5.81. The maximum Gasteiger partial charge on any atom is 0.338 e. The van der Waals surface area contributed by atoms with Crippen LogP contribution in [0.1, 0.15) is 35.3 Å². The summed E-state index contributed by atoms with van der Waals surface area (Å²) in [7, 11) is 0. The fourth-order valence-electron chi connectivity index (χ4n) is 2.25. The van der Waals surface area contributed by atoms with Gasteiger partial charge in [-0.3, -0.25) is 4.79 Å². The van der Waals surface area contributed by atoms with Gasteiger partial charge in [-0.2, -0.15) is 0 Å². The van der Waals surface area contributed by atoms with Crippen LogP contribution in [0.5, 0.6) is 0 Å². The topological polar surface area (TPSA) is 55.4 Å². The molecule has 0 aromatic heterocycles. The molecule has 0 saturated heterocycles. The van der Waals surface area contributed by atoms with E-state index in [0.29, 0.717) is 17.9 Å². The number of nitrogens with one attached hydrogen (secondary N) is 1. The highest BCUT2D eigenvalue weighted by molar-refractivity contribution is 8.00. The lowest BCUT2D eigenvalue weighted by Gasteiger charge is -2.14. The minimum absolute atomic E-state index is 0.0717. The molecule has 132 valence electrons. The summed E-state index contributed by atoms with van der Waals surface area (Å²) in [5.74, 6) is -0.427. The Morgan fingerprint density at radius 1 is 1.12 bits per heavy atom. The molecule has 0 aliphatic carbocycles. The molecular formula is C20H23NO3S. The van der Waals surface area contributed by atoms with Gasteiger partial charge in [-0.15, -0.1) is 11.8 Å². The normalized spacial score (nSPS) is 11.7. The van der Waals surface area contributed by atoms with E-state index in [9.17, 15) is 9.59 Å². The molecule has 2 rings (SSSR count). The summed E-state index contributed by atoms with van der Waals surface area (Å²) in [5.41, 5.74) is 3.21. The molecule has 0 unspecified atom stereocenters. The SMILES string of the molecule is CCOC(=O)c1ccc(NC(=O)[C@H](C)Sc2ccc(C)cc2)c(C)c1. The monoisotopic (exact) mass is 357 g/mol. The first-order chi connectivity index (χ1) is 11.9. The second kappa shape index (κ2) is 8.72. The summed E-state index contributed by atoms with van der Waals surface area (Å²) in [4.78, 5) is 25.2. The lowest BCUT2D eigenvalue weighted by atomic mass is 10.1. The van der Waals surface area contributed by atoms with E-state index in [0.717, 1.165) is 10.5 Å². The lowest BCUT2D eigenvalue weighted by molar-refractivity contribution is -0.115. The van der Waals surface area contributed by atoms with Gasteiger partial charge in [0, 0.05) is 10.6 Å². The third-order valence-electron chi connectivity index (χ3n) is 3.70. The molecule has 0 heterocycles. The number of amides is 1. The van der Waals surface area contributed by atoms with Crippen molar-refractivity contribution in [1.29, 1.82) is 0 Å². The zero-order chi connectivity index (χ0) is 18.4. The van der Waals surface area contributed by atoms with Crippen LogP contribution < -0.4 is 5.32 Å². The van der Waals surface area contributed by atoms with E-state index in [2.05, 4.69) is 5.32 Å². The van der Waals surface area contributed by atoms with Crippen molar-refractivity contribution in [3.8, 4) is 0 Å². The van der Waals surface area contributed by atoms with Crippen LogP contribution in [-0.2, 0) is 9.53 Å². The first kappa shape index (κ1) is 19.1. The van der Waals surface area contributed by atoms with Crippen LogP contribution in [0.3, 0.4) is 0 Å². The van der Waals surface area contributed by atoms with Crippen molar-refractivity contribution in [3.05, 3.63) is 59.2 Å². The van der Waals surface area contributed by atoms with Crippen LogP contribution in [0, 0.1) is 13.8 Å². The summed E-state index contributed by atoms with van der Waals surface area (Å²) in [6, 6.07) is 13.2. The van der Waals surface area contributed by atoms with Crippen molar-refractivity contribution in [2.45, 2.75) is 37.8 Å². The summed E-state index contributed by atoms with van der Waals surface area (Å²) in [6.07, 6.45) is 0. The molecule has 0 bridgehead atoms. The van der Waals surface area contributed by atoms with Gasteiger partial charge in [0.25, 0.3) is 0 Å². The number of hydrogen-bond donors (Lipinski definition) is 1. The van der Waals surface area contributed by atoms with Gasteiger partial charge < -0.3 is 10.1 Å². The van der Waals surface area contributed by atoms with Gasteiger partial charge in [0.2, 0.25) is 5.91 Å². The van der Waals surface area contributed by atoms with Gasteiger partial charge in [-0.05, 0) is 63.6 Å². The number of carbonyl (C=O) groups is 2. The molecule has 1 atom stereocenters. The van der Waals surface area contributed by atoms with Gasteiger partial charge in [0.05, 0.1) is 17.4 Å². The Kier molecular flexibility index (Phi) is 6.65. The maximum absolute atomic E-state index is 12.4. The molecule has 0 spiro atoms. The van der Waals surface area contributed by atoms with Crippen LogP contribution >= 0.6 is 11.8 Å². The zero-order valence-corrected chi connectivity index (χ0v) is 15.8. The number of aryl methyl sites for hydroxylation is 2. The molecule has 0 saturated carbocycles. The predicted molar refractivity (Wildman–Crippen MR) is 102 cm³/mol. The van der Waals surface area contributed by atoms with Gasteiger partial charge >= 0.3 is 5.97 Å². The number of esters is 1. The Hall–Kier alpha value is -2.27. The van der Waals surface area contributed by atoms with Gasteiger partial charge in [-0.25, -0.2) is 4.79 Å². The van der Waals surface area contributed by atoms with Crippen LogP contribution in [0.2, 0.25) is 0 Å². The number of rotatable bonds is 6. The van der Waals surface area contributed by atoms with Gasteiger partial charge in [0.1, 0.15) is 0 Å². The Morgan fingerprint density at radius 3 is 2.40 bits per heavy atom. The van der Waals surface area contributed by atoms with Crippen LogP contribution in [0.4, 0.5) is 5.69 Å². The molecule has 25 heavy (non-hydrogen) atoms. The summed E-state index contributed by atoms with van der Waals surface area (Å²) >= 11 is 1.51. The van der Waals surface area contributed by atoms with Crippen LogP contribution in [0.15, 0.2) is 47.4 Å². The van der Waals surface area contributed by atoms with Crippen molar-refractivity contribution in [2.75, 3.05) is 11.9 Å². The average Bonchev–Trinajstić information content (AvgIpc) is 2.58. The van der Waals surface area contributed by atoms with Gasteiger partial charge in [-0.1, -0.05) is 17.7 Å². The standard InChI is InChI=1S/C20H23NO3S/c1-5-24-20(23)16-8-11-18(14(3)12-16)21-19(22)15(4)25-17-9-6-13(2)7-10-17/h6-12,15H,5H2,1-4H3,(H,21,22)/t15-/m0/s1. The van der Waals surface area contributed by atoms with Gasteiger partial charge in [0.15, 0.2) is 0 Å². The number of hydrogen-bond acceptors (Lipinski definition) is 4. The molecule has 2 aromatic carbocycles. The number of anilines is 1. The molecule has 2 aromatic rings. The fourth-order valence-corrected chi connectivity index (χ4v) is 3.12. The zero-order valence-electron chi connectivity index (χ0n) is 15.0. The first-order valence-electron chi connectivity index (χ1n) is 8.22. The quantitative estimate of drug-likeness (QED) is 0.606. The highest BCUT2D eigenvalue weighted by atomic mass is 32.2. The first-order valence-corrected chi connectivity index (χ1v) is 9.10. The van der Waals surface area contributed by atoms with Crippen molar-refractivity contribution in [2.24, 2.45) is 0 Å². The Bertz CT molecular complexity index is 756. The fraction of sp³-hybridized carbons (Fsp3) is 0.300. The third kappa shape index (κ3) is 5.36. The summed E-state index contributed by atoms with van der Waals surface area (Å²) in [5, 5.41) is 2.70. The third-order valence-corrected chi connectivity index (χ3v) is 4.81. The Labute approximate surface area is 153 Å². The van der Waals surface area contributed by atoms with Crippen molar-refractivity contribution < 1.29 is 14.3 Å². The summed E-state index contributed by atoms with van der Waals surface area (Å²) < 4.78 is 4.99. The molecular weight excluding hydrogens is 334 g/mol. The molecule has 0 radical (unpaired) electrons. The Balaban J connectivity index is 2.01. The second-order valence-corrected chi connectivity index (χ2v) is 7.23. The molecule has 1 amide bonds. The van der Waals surface area contributed by atoms with Crippen LogP contribution in [-0.4, -0.2) is 23.7 Å². The Morgan fingerprint density at radius 2 is 1.80 bits per heavy atom. The van der Waals surface area contributed by atoms with Crippen LogP contribution in [0.25, 0.3) is 0 Å². The van der Waals surface area contributed by atoms with E-state index in [4.69, 9.17) is 4.74 Å². The molecule has 4 nitrogen and oxygen atoms in total. The number of benzene rings is 2. The van der Waals surface area contributed by atoms with E-state index in [1.54, 1.807) is 25.1 Å². The average molecular weight is 357 g/mol. The highest BCUT2D eigenvalue weighted by Gasteiger charge is 2.16. The van der Waals surface area contributed by atoms with Crippen molar-refractivity contribution in [3.63, 3.8) is 0 Å². The van der Waals surface area contributed by atoms with E-state index >= 15 is 0 Å². The molecule has 0 aliphatic rings. The number of ether oxygens (including phenoxy) is 1. The van der Waals surface area contributed by atoms with E-state index < -0.39 is 0 Å². The smallest absolute Gasteiger partial charge is 0.338 e. The summed E-state index contributed by atoms with van der Waals surface area (Å²) in [6.45, 7) is 7.88. The number of thioether (sulfide) groups is 1. The minimum Gasteiger partial charge on any atom is -0.462 e. The highest BCUT2D eigenvalue weighted by Crippen LogP contribution is 2.25. The van der Waals surface area contributed by atoms with Crippen molar-refractivity contribution in [1.82, 2.24) is 0 Å². The largest absolute Gasteiger partial charge is 0.462 e. The lowest BCUT2D eigenvalue weighted by Crippen LogP contribution is -2.23. The predicted octanol–water partition coefficient (Wildman–Crippen LogP) is 4.60. The van der Waals surface area contributed by atoms with E-state index in [1.165, 1.54) is 17.3 Å².